The Morgan fingerprint density at radius 3 is 2.79 bits per heavy atom. The fraction of sp³-hybridized carbons (Fsp3) is 0.900. The van der Waals surface area contributed by atoms with Gasteiger partial charge in [0, 0.05) is 25.7 Å². The van der Waals surface area contributed by atoms with Crippen LogP contribution < -0.4 is 5.73 Å². The Balaban J connectivity index is 1.92. The van der Waals surface area contributed by atoms with Gasteiger partial charge in [0.15, 0.2) is 0 Å². The number of rotatable bonds is 1. The summed E-state index contributed by atoms with van der Waals surface area (Å²) in [6.45, 7) is 4.30. The summed E-state index contributed by atoms with van der Waals surface area (Å²) in [5.41, 5.74) is 5.87. The molecule has 2 saturated heterocycles. The van der Waals surface area contributed by atoms with Crippen molar-refractivity contribution in [2.45, 2.75) is 31.9 Å². The minimum Gasteiger partial charge on any atom is -0.368 e. The molecule has 0 aromatic carbocycles. The summed E-state index contributed by atoms with van der Waals surface area (Å²) in [6, 6.07) is 0.139. The van der Waals surface area contributed by atoms with E-state index in [2.05, 4.69) is 6.92 Å². The minimum absolute atomic E-state index is 0.139. The lowest BCUT2D eigenvalue weighted by atomic mass is 10.1. The van der Waals surface area contributed by atoms with Crippen LogP contribution in [-0.4, -0.2) is 42.6 Å². The smallest absolute Gasteiger partial charge is 0.251 e. The average Bonchev–Trinajstić information content (AvgIpc) is 2.76. The first kappa shape index (κ1) is 9.93. The molecule has 0 bridgehead atoms. The van der Waals surface area contributed by atoms with Gasteiger partial charge in [0.05, 0.1) is 0 Å². The van der Waals surface area contributed by atoms with Gasteiger partial charge in [-0.25, -0.2) is 0 Å². The number of hydrogen-bond donors (Lipinski definition) is 1. The summed E-state index contributed by atoms with van der Waals surface area (Å²) in [5, 5.41) is 0. The van der Waals surface area contributed by atoms with Gasteiger partial charge in [-0.1, -0.05) is 6.92 Å². The predicted molar refractivity (Wildman–Crippen MR) is 52.7 cm³/mol. The number of ether oxygens (including phenoxy) is 1. The number of nitrogens with two attached hydrogens (primary N) is 1. The summed E-state index contributed by atoms with van der Waals surface area (Å²) in [5.74, 6) is 0.558. The lowest BCUT2D eigenvalue weighted by molar-refractivity contribution is -0.139. The van der Waals surface area contributed by atoms with Crippen LogP contribution in [0.15, 0.2) is 0 Å². The van der Waals surface area contributed by atoms with Gasteiger partial charge in [0.25, 0.3) is 5.91 Å². The first-order chi connectivity index (χ1) is 6.68. The number of amides is 1. The zero-order chi connectivity index (χ0) is 10.1. The zero-order valence-corrected chi connectivity index (χ0v) is 8.61. The van der Waals surface area contributed by atoms with Gasteiger partial charge >= 0.3 is 0 Å². The number of carbonyl (C=O) groups excluding carboxylic acids is 1. The molecule has 0 spiro atoms. The molecule has 2 heterocycles. The highest BCUT2D eigenvalue weighted by Gasteiger charge is 2.34. The molecule has 2 N–H and O–H groups in total. The molecule has 2 unspecified atom stereocenters. The van der Waals surface area contributed by atoms with Crippen molar-refractivity contribution in [3.8, 4) is 0 Å². The average molecular weight is 198 g/mol. The molecule has 0 saturated carbocycles. The lowest BCUT2D eigenvalue weighted by Crippen LogP contribution is -2.38. The van der Waals surface area contributed by atoms with E-state index in [1.165, 1.54) is 0 Å². The van der Waals surface area contributed by atoms with Crippen LogP contribution in [0.4, 0.5) is 0 Å². The van der Waals surface area contributed by atoms with Crippen LogP contribution in [-0.2, 0) is 9.53 Å². The minimum atomic E-state index is -0.188. The van der Waals surface area contributed by atoms with E-state index in [9.17, 15) is 4.79 Å². The quantitative estimate of drug-likeness (QED) is 0.644. The van der Waals surface area contributed by atoms with Crippen molar-refractivity contribution < 1.29 is 9.53 Å². The second-order valence-electron chi connectivity index (χ2n) is 4.39. The van der Waals surface area contributed by atoms with Crippen LogP contribution in [0.1, 0.15) is 19.8 Å². The van der Waals surface area contributed by atoms with Crippen molar-refractivity contribution >= 4 is 5.91 Å². The number of carbonyl (C=O) groups is 1. The molecule has 80 valence electrons. The van der Waals surface area contributed by atoms with E-state index >= 15 is 0 Å². The molecule has 2 fully saturated rings. The fourth-order valence-electron chi connectivity index (χ4n) is 2.15. The van der Waals surface area contributed by atoms with Crippen molar-refractivity contribution in [1.82, 2.24) is 4.90 Å². The van der Waals surface area contributed by atoms with Crippen LogP contribution in [0.5, 0.6) is 0 Å². The normalized spacial score (nSPS) is 37.9. The summed E-state index contributed by atoms with van der Waals surface area (Å²) >= 11 is 0. The Labute approximate surface area is 84.4 Å². The number of hydrogen-bond acceptors (Lipinski definition) is 3. The summed E-state index contributed by atoms with van der Waals surface area (Å²) < 4.78 is 5.37. The third kappa shape index (κ3) is 1.77. The molecule has 14 heavy (non-hydrogen) atoms. The Kier molecular flexibility index (Phi) is 2.74. The fourth-order valence-corrected chi connectivity index (χ4v) is 2.15. The van der Waals surface area contributed by atoms with Crippen LogP contribution in [0.3, 0.4) is 0 Å². The predicted octanol–water partition coefficient (Wildman–Crippen LogP) is -0.0290. The van der Waals surface area contributed by atoms with Crippen LogP contribution in [0.2, 0.25) is 0 Å². The SMILES string of the molecule is CC1CN(C(=O)[C@@H]2CCCO2)CC1N. The van der Waals surface area contributed by atoms with Gasteiger partial charge in [-0.05, 0) is 18.8 Å². The van der Waals surface area contributed by atoms with Gasteiger partial charge < -0.3 is 15.4 Å². The molecule has 0 aliphatic carbocycles. The van der Waals surface area contributed by atoms with Crippen molar-refractivity contribution in [3.05, 3.63) is 0 Å². The Morgan fingerprint density at radius 1 is 1.50 bits per heavy atom. The Morgan fingerprint density at radius 2 is 2.29 bits per heavy atom. The zero-order valence-electron chi connectivity index (χ0n) is 8.61. The van der Waals surface area contributed by atoms with Crippen LogP contribution >= 0.6 is 0 Å². The molecule has 2 aliphatic rings. The highest BCUT2D eigenvalue weighted by molar-refractivity contribution is 5.81. The van der Waals surface area contributed by atoms with Crippen LogP contribution in [0.25, 0.3) is 0 Å². The van der Waals surface area contributed by atoms with Crippen molar-refractivity contribution in [2.24, 2.45) is 11.7 Å². The number of nitrogens with zero attached hydrogens (tertiary/aromatic N) is 1. The Bertz CT molecular complexity index is 216. The maximum absolute atomic E-state index is 11.9. The van der Waals surface area contributed by atoms with E-state index in [4.69, 9.17) is 10.5 Å². The van der Waals surface area contributed by atoms with E-state index < -0.39 is 0 Å². The third-order valence-corrected chi connectivity index (χ3v) is 3.19. The topological polar surface area (TPSA) is 55.6 Å². The summed E-state index contributed by atoms with van der Waals surface area (Å²) in [7, 11) is 0. The molecule has 0 aromatic heterocycles. The molecular weight excluding hydrogens is 180 g/mol. The van der Waals surface area contributed by atoms with Gasteiger partial charge in [-0.2, -0.15) is 0 Å². The molecule has 2 aliphatic heterocycles. The third-order valence-electron chi connectivity index (χ3n) is 3.19. The second-order valence-corrected chi connectivity index (χ2v) is 4.39. The van der Waals surface area contributed by atoms with E-state index in [0.717, 1.165) is 26.0 Å². The van der Waals surface area contributed by atoms with Crippen LogP contribution in [0, 0.1) is 5.92 Å². The molecule has 0 radical (unpaired) electrons. The summed E-state index contributed by atoms with van der Waals surface area (Å²) in [4.78, 5) is 13.7. The molecule has 2 rings (SSSR count). The largest absolute Gasteiger partial charge is 0.368 e. The van der Waals surface area contributed by atoms with Gasteiger partial charge in [-0.15, -0.1) is 0 Å². The first-order valence-corrected chi connectivity index (χ1v) is 5.34. The molecule has 3 atom stereocenters. The van der Waals surface area contributed by atoms with E-state index in [-0.39, 0.29) is 18.1 Å². The molecule has 4 heteroatoms. The van der Waals surface area contributed by atoms with Gasteiger partial charge in [0.1, 0.15) is 6.10 Å². The maximum Gasteiger partial charge on any atom is 0.251 e. The van der Waals surface area contributed by atoms with Gasteiger partial charge in [0.2, 0.25) is 0 Å². The first-order valence-electron chi connectivity index (χ1n) is 5.34. The molecule has 4 nitrogen and oxygen atoms in total. The number of likely N-dealkylation sites (tertiary alicyclic amines) is 1. The Hall–Kier alpha value is -0.610. The molecule has 0 aromatic rings. The highest BCUT2D eigenvalue weighted by atomic mass is 16.5. The van der Waals surface area contributed by atoms with Gasteiger partial charge in [-0.3, -0.25) is 4.79 Å². The summed E-state index contributed by atoms with van der Waals surface area (Å²) in [6.07, 6.45) is 1.69. The van der Waals surface area contributed by atoms with E-state index in [1.54, 1.807) is 0 Å². The van der Waals surface area contributed by atoms with Crippen molar-refractivity contribution in [3.63, 3.8) is 0 Å². The van der Waals surface area contributed by atoms with E-state index in [1.807, 2.05) is 4.90 Å². The monoisotopic (exact) mass is 198 g/mol. The molecule has 1 amide bonds. The second kappa shape index (κ2) is 3.87. The standard InChI is InChI=1S/C10H18N2O2/c1-7-5-12(6-8(7)11)10(13)9-3-2-4-14-9/h7-9H,2-6,11H2,1H3/t7?,8?,9-/m0/s1. The van der Waals surface area contributed by atoms with E-state index in [0.29, 0.717) is 12.5 Å². The highest BCUT2D eigenvalue weighted by Crippen LogP contribution is 2.20. The molecular formula is C10H18N2O2. The maximum atomic E-state index is 11.9. The lowest BCUT2D eigenvalue weighted by Gasteiger charge is -2.19. The van der Waals surface area contributed by atoms with Crippen molar-refractivity contribution in [1.29, 1.82) is 0 Å². The van der Waals surface area contributed by atoms with Crippen molar-refractivity contribution in [2.75, 3.05) is 19.7 Å².